The van der Waals surface area contributed by atoms with Gasteiger partial charge < -0.3 is 16.2 Å². The van der Waals surface area contributed by atoms with Crippen LogP contribution < -0.4 is 11.1 Å². The Morgan fingerprint density at radius 3 is 2.41 bits per heavy atom. The van der Waals surface area contributed by atoms with E-state index in [1.807, 2.05) is 50.2 Å². The van der Waals surface area contributed by atoms with Crippen molar-refractivity contribution in [3.05, 3.63) is 54.1 Å². The van der Waals surface area contributed by atoms with E-state index in [4.69, 9.17) is 5.73 Å². The van der Waals surface area contributed by atoms with Crippen molar-refractivity contribution in [2.45, 2.75) is 32.4 Å². The fourth-order valence-electron chi connectivity index (χ4n) is 2.26. The maximum absolute atomic E-state index is 11.8. The van der Waals surface area contributed by atoms with Gasteiger partial charge in [0.05, 0.1) is 6.04 Å². The van der Waals surface area contributed by atoms with Gasteiger partial charge in [0.1, 0.15) is 5.75 Å². The molecule has 1 amide bonds. The molecule has 1 atom stereocenters. The fourth-order valence-corrected chi connectivity index (χ4v) is 2.26. The molecule has 0 radical (unpaired) electrons. The summed E-state index contributed by atoms with van der Waals surface area (Å²) in [5.74, 6) is 0.112. The second kappa shape index (κ2) is 7.09. The van der Waals surface area contributed by atoms with Crippen molar-refractivity contribution < 1.29 is 9.90 Å². The Bertz CT molecular complexity index is 636. The van der Waals surface area contributed by atoms with Crippen molar-refractivity contribution in [2.75, 3.05) is 0 Å². The lowest BCUT2D eigenvalue weighted by molar-refractivity contribution is -0.122. The van der Waals surface area contributed by atoms with Gasteiger partial charge in [-0.05, 0) is 49.1 Å². The molecule has 4 heteroatoms. The molecular weight excluding hydrogens is 276 g/mol. The summed E-state index contributed by atoms with van der Waals surface area (Å²) in [5.41, 5.74) is 8.90. The van der Waals surface area contributed by atoms with Crippen molar-refractivity contribution in [1.82, 2.24) is 5.32 Å². The molecule has 0 aliphatic rings. The van der Waals surface area contributed by atoms with Crippen molar-refractivity contribution >= 4 is 5.91 Å². The highest BCUT2D eigenvalue weighted by Gasteiger charge is 2.14. The number of nitrogens with one attached hydrogen (secondary N) is 1. The van der Waals surface area contributed by atoms with E-state index in [1.165, 1.54) is 0 Å². The van der Waals surface area contributed by atoms with E-state index in [2.05, 4.69) is 5.32 Å². The number of phenolic OH excluding ortho intramolecular Hbond substituents is 1. The third-order valence-electron chi connectivity index (χ3n) is 3.36. The summed E-state index contributed by atoms with van der Waals surface area (Å²) in [7, 11) is 0. The van der Waals surface area contributed by atoms with E-state index in [1.54, 1.807) is 12.1 Å². The average Bonchev–Trinajstić information content (AvgIpc) is 2.47. The largest absolute Gasteiger partial charge is 0.508 e. The van der Waals surface area contributed by atoms with E-state index < -0.39 is 6.04 Å². The maximum Gasteiger partial charge on any atom is 0.237 e. The summed E-state index contributed by atoms with van der Waals surface area (Å²) in [6.45, 7) is 3.82. The van der Waals surface area contributed by atoms with Gasteiger partial charge in [-0.15, -0.1) is 0 Å². The predicted molar refractivity (Wildman–Crippen MR) is 88.5 cm³/mol. The van der Waals surface area contributed by atoms with E-state index in [9.17, 15) is 9.90 Å². The smallest absolute Gasteiger partial charge is 0.237 e. The first-order valence-corrected chi connectivity index (χ1v) is 7.40. The molecule has 2 aromatic carbocycles. The third-order valence-corrected chi connectivity index (χ3v) is 3.36. The standard InChI is InChI=1S/C18H22N2O2/c1-12(2)20-18(22)17(19)10-13-6-8-14(9-7-13)15-4-3-5-16(21)11-15/h3-9,11-12,17,21H,10,19H2,1-2H3,(H,20,22)/t17-/m0/s1. The Labute approximate surface area is 131 Å². The molecule has 0 bridgehead atoms. The van der Waals surface area contributed by atoms with Gasteiger partial charge in [0.25, 0.3) is 0 Å². The lowest BCUT2D eigenvalue weighted by Gasteiger charge is -2.14. The van der Waals surface area contributed by atoms with Crippen LogP contribution in [0.1, 0.15) is 19.4 Å². The highest BCUT2D eigenvalue weighted by Crippen LogP contribution is 2.23. The van der Waals surface area contributed by atoms with Gasteiger partial charge in [-0.3, -0.25) is 4.79 Å². The van der Waals surface area contributed by atoms with Crippen molar-refractivity contribution in [2.24, 2.45) is 5.73 Å². The number of rotatable bonds is 5. The minimum Gasteiger partial charge on any atom is -0.508 e. The van der Waals surface area contributed by atoms with Crippen LogP contribution in [0.3, 0.4) is 0 Å². The maximum atomic E-state index is 11.8. The quantitative estimate of drug-likeness (QED) is 0.793. The van der Waals surface area contributed by atoms with Crippen LogP contribution in [0.4, 0.5) is 0 Å². The van der Waals surface area contributed by atoms with Crippen molar-refractivity contribution in [3.8, 4) is 16.9 Å². The van der Waals surface area contributed by atoms with Gasteiger partial charge >= 0.3 is 0 Å². The van der Waals surface area contributed by atoms with E-state index in [0.717, 1.165) is 16.7 Å². The number of benzene rings is 2. The molecule has 0 aliphatic carbocycles. The number of aromatic hydroxyl groups is 1. The molecule has 0 aliphatic heterocycles. The fraction of sp³-hybridized carbons (Fsp3) is 0.278. The number of hydrogen-bond acceptors (Lipinski definition) is 3. The molecule has 0 fully saturated rings. The monoisotopic (exact) mass is 298 g/mol. The molecule has 0 aromatic heterocycles. The predicted octanol–water partition coefficient (Wildman–Crippen LogP) is 2.45. The summed E-state index contributed by atoms with van der Waals surface area (Å²) in [5, 5.41) is 12.3. The molecule has 0 saturated carbocycles. The minimum atomic E-state index is -0.547. The average molecular weight is 298 g/mol. The normalized spacial score (nSPS) is 12.2. The van der Waals surface area contributed by atoms with Crippen LogP contribution in [0, 0.1) is 0 Å². The Morgan fingerprint density at radius 1 is 1.14 bits per heavy atom. The van der Waals surface area contributed by atoms with Crippen LogP contribution in [0.2, 0.25) is 0 Å². The number of carbonyl (C=O) groups is 1. The second-order valence-electron chi connectivity index (χ2n) is 5.72. The summed E-state index contributed by atoms with van der Waals surface area (Å²) in [4.78, 5) is 11.8. The van der Waals surface area contributed by atoms with Gasteiger partial charge in [0, 0.05) is 6.04 Å². The van der Waals surface area contributed by atoms with Gasteiger partial charge in [-0.25, -0.2) is 0 Å². The number of carbonyl (C=O) groups excluding carboxylic acids is 1. The molecule has 0 spiro atoms. The summed E-state index contributed by atoms with van der Waals surface area (Å²) < 4.78 is 0. The zero-order valence-electron chi connectivity index (χ0n) is 12.9. The molecular formula is C18H22N2O2. The Balaban J connectivity index is 2.04. The number of phenols is 1. The van der Waals surface area contributed by atoms with Gasteiger partial charge in [0.15, 0.2) is 0 Å². The molecule has 116 valence electrons. The Morgan fingerprint density at radius 2 is 1.82 bits per heavy atom. The van der Waals surface area contributed by atoms with Gasteiger partial charge in [-0.2, -0.15) is 0 Å². The summed E-state index contributed by atoms with van der Waals surface area (Å²) in [6.07, 6.45) is 0.499. The number of hydrogen-bond donors (Lipinski definition) is 3. The highest BCUT2D eigenvalue weighted by atomic mass is 16.3. The Hall–Kier alpha value is -2.33. The first kappa shape index (κ1) is 16.0. The molecule has 2 rings (SSSR count). The van der Waals surface area contributed by atoms with Crippen LogP contribution in [0.5, 0.6) is 5.75 Å². The molecule has 0 heterocycles. The SMILES string of the molecule is CC(C)NC(=O)[C@@H](N)Cc1ccc(-c2cccc(O)c2)cc1. The first-order valence-electron chi connectivity index (χ1n) is 7.40. The van der Waals surface area contributed by atoms with Crippen LogP contribution in [0.15, 0.2) is 48.5 Å². The zero-order chi connectivity index (χ0) is 16.1. The van der Waals surface area contributed by atoms with Crippen LogP contribution >= 0.6 is 0 Å². The second-order valence-corrected chi connectivity index (χ2v) is 5.72. The summed E-state index contributed by atoms with van der Waals surface area (Å²) in [6, 6.07) is 14.5. The van der Waals surface area contributed by atoms with Crippen molar-refractivity contribution in [1.29, 1.82) is 0 Å². The number of amides is 1. The van der Waals surface area contributed by atoms with E-state index >= 15 is 0 Å². The molecule has 22 heavy (non-hydrogen) atoms. The van der Waals surface area contributed by atoms with Gasteiger partial charge in [0.2, 0.25) is 5.91 Å². The topological polar surface area (TPSA) is 75.4 Å². The van der Waals surface area contributed by atoms with Gasteiger partial charge in [-0.1, -0.05) is 36.4 Å². The first-order chi connectivity index (χ1) is 10.5. The molecule has 0 saturated heterocycles. The summed E-state index contributed by atoms with van der Waals surface area (Å²) >= 11 is 0. The lowest BCUT2D eigenvalue weighted by atomic mass is 10.0. The third kappa shape index (κ3) is 4.33. The lowest BCUT2D eigenvalue weighted by Crippen LogP contribution is -2.44. The molecule has 2 aromatic rings. The van der Waals surface area contributed by atoms with E-state index in [0.29, 0.717) is 6.42 Å². The Kier molecular flexibility index (Phi) is 5.17. The minimum absolute atomic E-state index is 0.0895. The van der Waals surface area contributed by atoms with Crippen LogP contribution in [-0.4, -0.2) is 23.1 Å². The van der Waals surface area contributed by atoms with Crippen LogP contribution in [0.25, 0.3) is 11.1 Å². The zero-order valence-corrected chi connectivity index (χ0v) is 12.9. The highest BCUT2D eigenvalue weighted by molar-refractivity contribution is 5.82. The molecule has 4 N–H and O–H groups in total. The van der Waals surface area contributed by atoms with E-state index in [-0.39, 0.29) is 17.7 Å². The number of nitrogens with two attached hydrogens (primary N) is 1. The molecule has 0 unspecified atom stereocenters. The van der Waals surface area contributed by atoms with Crippen molar-refractivity contribution in [3.63, 3.8) is 0 Å². The molecule has 4 nitrogen and oxygen atoms in total. The van der Waals surface area contributed by atoms with Crippen LogP contribution in [-0.2, 0) is 11.2 Å².